The molecule has 1 atom stereocenters. The molecular formula is C23H24Cl2N4O3S. The molecule has 0 spiro atoms. The molecule has 0 fully saturated rings. The number of carbonyl (C=O) groups excluding carboxylic acids is 2. The summed E-state index contributed by atoms with van der Waals surface area (Å²) in [6.07, 6.45) is -0.254. The molecule has 0 aromatic heterocycles. The van der Waals surface area contributed by atoms with Crippen LogP contribution in [0.4, 0.5) is 16.2 Å². The normalized spacial score (nSPS) is 15.9. The van der Waals surface area contributed by atoms with Gasteiger partial charge in [-0.05, 0) is 62.8 Å². The third kappa shape index (κ3) is 5.76. The van der Waals surface area contributed by atoms with Gasteiger partial charge in [0.05, 0.1) is 33.5 Å². The Labute approximate surface area is 208 Å². The Bertz CT molecular complexity index is 1120. The highest BCUT2D eigenvalue weighted by atomic mass is 35.5. The van der Waals surface area contributed by atoms with Crippen LogP contribution >= 0.6 is 35.4 Å². The van der Waals surface area contributed by atoms with Crippen molar-refractivity contribution in [3.8, 4) is 0 Å². The molecule has 0 radical (unpaired) electrons. The first-order valence-electron chi connectivity index (χ1n) is 10.2. The number of nitrogens with one attached hydrogen (secondary N) is 3. The number of esters is 1. The molecule has 3 rings (SSSR count). The van der Waals surface area contributed by atoms with Crippen LogP contribution < -0.4 is 16.0 Å². The Morgan fingerprint density at radius 3 is 2.42 bits per heavy atom. The molecule has 2 amide bonds. The number of carbonyl (C=O) groups is 2. The number of allylic oxidation sites excluding steroid dienone is 1. The molecule has 3 N–H and O–H groups in total. The van der Waals surface area contributed by atoms with E-state index in [0.29, 0.717) is 27.1 Å². The van der Waals surface area contributed by atoms with Gasteiger partial charge in [0.1, 0.15) is 0 Å². The minimum absolute atomic E-state index is 0.254. The fraction of sp³-hybridized carbons (Fsp3) is 0.261. The van der Waals surface area contributed by atoms with Gasteiger partial charge >= 0.3 is 12.0 Å². The van der Waals surface area contributed by atoms with Gasteiger partial charge in [0.2, 0.25) is 0 Å². The summed E-state index contributed by atoms with van der Waals surface area (Å²) in [4.78, 5) is 26.9. The van der Waals surface area contributed by atoms with E-state index in [1.54, 1.807) is 56.1 Å². The predicted octanol–water partition coefficient (Wildman–Crippen LogP) is 5.72. The molecule has 10 heteroatoms. The van der Waals surface area contributed by atoms with E-state index in [0.717, 1.165) is 11.3 Å². The second kappa shape index (κ2) is 10.4. The first kappa shape index (κ1) is 24.8. The molecule has 7 nitrogen and oxygen atoms in total. The van der Waals surface area contributed by atoms with E-state index in [9.17, 15) is 9.59 Å². The SMILES string of the molecule is CC1=C(C(=O)OC(C)C)[C@H](c2ccc(NC(=O)Nc3cccc(Cl)c3Cl)cc2)NC(=S)N1C. The lowest BCUT2D eigenvalue weighted by molar-refractivity contribution is -0.143. The zero-order valence-corrected chi connectivity index (χ0v) is 20.9. The number of hydrogen-bond acceptors (Lipinski definition) is 4. The van der Waals surface area contributed by atoms with Crippen LogP contribution in [0.3, 0.4) is 0 Å². The second-order valence-electron chi connectivity index (χ2n) is 7.70. The zero-order valence-electron chi connectivity index (χ0n) is 18.5. The van der Waals surface area contributed by atoms with E-state index in [1.807, 2.05) is 19.1 Å². The van der Waals surface area contributed by atoms with Gasteiger partial charge in [-0.2, -0.15) is 0 Å². The van der Waals surface area contributed by atoms with Crippen molar-refractivity contribution in [2.45, 2.75) is 32.9 Å². The molecule has 0 saturated carbocycles. The van der Waals surface area contributed by atoms with E-state index < -0.39 is 18.0 Å². The number of thiocarbonyl (C=S) groups is 1. The Kier molecular flexibility index (Phi) is 7.84. The summed E-state index contributed by atoms with van der Waals surface area (Å²) in [5.74, 6) is -0.408. The quantitative estimate of drug-likeness (QED) is 0.355. The lowest BCUT2D eigenvalue weighted by atomic mass is 9.95. The molecule has 1 aliphatic rings. The van der Waals surface area contributed by atoms with Crippen molar-refractivity contribution < 1.29 is 14.3 Å². The maximum atomic E-state index is 12.8. The van der Waals surface area contributed by atoms with Crippen LogP contribution in [0.1, 0.15) is 32.4 Å². The van der Waals surface area contributed by atoms with Crippen molar-refractivity contribution in [1.29, 1.82) is 0 Å². The standard InChI is InChI=1S/C23H24Cl2N4O3S/c1-12(2)32-21(30)18-13(3)29(4)23(33)28-20(18)14-8-10-15(11-9-14)26-22(31)27-17-7-5-6-16(24)19(17)25/h5-12,20H,1-4H3,(H,28,33)(H2,26,27,31)/t20-/m0/s1. The molecule has 0 saturated heterocycles. The van der Waals surface area contributed by atoms with Gasteiger partial charge in [-0.1, -0.05) is 41.4 Å². The first-order valence-corrected chi connectivity index (χ1v) is 11.3. The Morgan fingerprint density at radius 2 is 1.79 bits per heavy atom. The third-order valence-electron chi connectivity index (χ3n) is 5.02. The largest absolute Gasteiger partial charge is 0.459 e. The second-order valence-corrected chi connectivity index (χ2v) is 8.87. The number of halogens is 2. The maximum Gasteiger partial charge on any atom is 0.338 e. The van der Waals surface area contributed by atoms with Crippen LogP contribution in [-0.2, 0) is 9.53 Å². The summed E-state index contributed by atoms with van der Waals surface area (Å²) in [6, 6.07) is 11.1. The number of benzene rings is 2. The van der Waals surface area contributed by atoms with Crippen LogP contribution in [0.15, 0.2) is 53.7 Å². The van der Waals surface area contributed by atoms with Gasteiger partial charge in [0.25, 0.3) is 0 Å². The van der Waals surface area contributed by atoms with Crippen LogP contribution in [0, 0.1) is 0 Å². The molecule has 1 aliphatic heterocycles. The molecule has 0 bridgehead atoms. The summed E-state index contributed by atoms with van der Waals surface area (Å²) in [6.45, 7) is 5.43. The number of amides is 2. The molecule has 2 aromatic rings. The summed E-state index contributed by atoms with van der Waals surface area (Å²) in [7, 11) is 1.79. The number of urea groups is 1. The minimum Gasteiger partial charge on any atom is -0.459 e. The molecule has 33 heavy (non-hydrogen) atoms. The Balaban J connectivity index is 1.78. The lowest BCUT2D eigenvalue weighted by Crippen LogP contribution is -2.46. The van der Waals surface area contributed by atoms with Crippen LogP contribution in [0.5, 0.6) is 0 Å². The smallest absolute Gasteiger partial charge is 0.338 e. The summed E-state index contributed by atoms with van der Waals surface area (Å²) in [5.41, 5.74) is 2.95. The molecular weight excluding hydrogens is 483 g/mol. The van der Waals surface area contributed by atoms with Crippen LogP contribution in [0.2, 0.25) is 10.0 Å². The highest BCUT2D eigenvalue weighted by Gasteiger charge is 2.33. The average Bonchev–Trinajstić information content (AvgIpc) is 2.75. The molecule has 1 heterocycles. The van der Waals surface area contributed by atoms with Crippen molar-refractivity contribution in [3.05, 3.63) is 69.3 Å². The van der Waals surface area contributed by atoms with E-state index in [2.05, 4.69) is 16.0 Å². The number of anilines is 2. The van der Waals surface area contributed by atoms with E-state index in [4.69, 9.17) is 40.2 Å². The van der Waals surface area contributed by atoms with Crippen molar-refractivity contribution >= 4 is 63.9 Å². The highest BCUT2D eigenvalue weighted by Crippen LogP contribution is 2.32. The van der Waals surface area contributed by atoms with E-state index >= 15 is 0 Å². The van der Waals surface area contributed by atoms with Crippen molar-refractivity contribution in [2.24, 2.45) is 0 Å². The van der Waals surface area contributed by atoms with Crippen LogP contribution in [-0.4, -0.2) is 35.2 Å². The monoisotopic (exact) mass is 506 g/mol. The number of rotatable bonds is 5. The number of ether oxygens (including phenoxy) is 1. The van der Waals surface area contributed by atoms with Crippen LogP contribution in [0.25, 0.3) is 0 Å². The fourth-order valence-electron chi connectivity index (χ4n) is 3.27. The van der Waals surface area contributed by atoms with Gasteiger partial charge in [-0.3, -0.25) is 0 Å². The lowest BCUT2D eigenvalue weighted by Gasteiger charge is -2.35. The van der Waals surface area contributed by atoms with E-state index in [1.165, 1.54) is 0 Å². The topological polar surface area (TPSA) is 82.7 Å². The third-order valence-corrected chi connectivity index (χ3v) is 6.23. The first-order chi connectivity index (χ1) is 15.6. The van der Waals surface area contributed by atoms with Gasteiger partial charge in [0.15, 0.2) is 5.11 Å². The van der Waals surface area contributed by atoms with Gasteiger partial charge in [-0.25, -0.2) is 9.59 Å². The fourth-order valence-corrected chi connectivity index (χ4v) is 3.87. The summed E-state index contributed by atoms with van der Waals surface area (Å²) < 4.78 is 5.45. The number of hydrogen-bond donors (Lipinski definition) is 3. The van der Waals surface area contributed by atoms with Crippen molar-refractivity contribution in [2.75, 3.05) is 17.7 Å². The Hall–Kier alpha value is -2.81. The van der Waals surface area contributed by atoms with Gasteiger partial charge < -0.3 is 25.6 Å². The van der Waals surface area contributed by atoms with E-state index in [-0.39, 0.29) is 11.1 Å². The number of nitrogens with zero attached hydrogens (tertiary/aromatic N) is 1. The predicted molar refractivity (Wildman–Crippen MR) is 136 cm³/mol. The average molecular weight is 507 g/mol. The highest BCUT2D eigenvalue weighted by molar-refractivity contribution is 7.80. The summed E-state index contributed by atoms with van der Waals surface area (Å²) >= 11 is 17.5. The molecule has 2 aromatic carbocycles. The Morgan fingerprint density at radius 1 is 1.12 bits per heavy atom. The van der Waals surface area contributed by atoms with Crippen molar-refractivity contribution in [1.82, 2.24) is 10.2 Å². The zero-order chi connectivity index (χ0) is 24.3. The van der Waals surface area contributed by atoms with Crippen molar-refractivity contribution in [3.63, 3.8) is 0 Å². The van der Waals surface area contributed by atoms with Gasteiger partial charge in [-0.15, -0.1) is 0 Å². The minimum atomic E-state index is -0.479. The summed E-state index contributed by atoms with van der Waals surface area (Å²) in [5, 5.41) is 9.70. The van der Waals surface area contributed by atoms with Gasteiger partial charge in [0, 0.05) is 18.4 Å². The maximum absolute atomic E-state index is 12.8. The molecule has 0 unspecified atom stereocenters. The molecule has 174 valence electrons. The molecule has 0 aliphatic carbocycles.